The lowest BCUT2D eigenvalue weighted by Gasteiger charge is -2.15. The van der Waals surface area contributed by atoms with Gasteiger partial charge in [0.15, 0.2) is 11.3 Å². The van der Waals surface area contributed by atoms with E-state index in [-0.39, 0.29) is 6.61 Å². The standard InChI is InChI=1S/C10H12N4O4S/c15-2-6-7(16)8(17)10(18-6)19-14-1-5-9(13-4-14)12-3-11-5/h1,3-4,6-8,10,15-17H,2H2/t6-,7-,8+,10+/m1/s1. The van der Waals surface area contributed by atoms with Crippen molar-refractivity contribution in [1.82, 2.24) is 18.9 Å². The zero-order valence-electron chi connectivity index (χ0n) is 9.70. The van der Waals surface area contributed by atoms with Gasteiger partial charge in [0.2, 0.25) is 0 Å². The molecule has 0 aromatic carbocycles. The Labute approximate surface area is 112 Å². The topological polar surface area (TPSA) is 114 Å². The molecule has 3 heterocycles. The van der Waals surface area contributed by atoms with Crippen molar-refractivity contribution in [3.8, 4) is 11.5 Å². The zero-order chi connectivity index (χ0) is 13.4. The maximum Gasteiger partial charge on any atom is 0.182 e. The Hall–Kier alpha value is -1.26. The maximum atomic E-state index is 9.82. The van der Waals surface area contributed by atoms with Gasteiger partial charge in [-0.2, -0.15) is 0 Å². The summed E-state index contributed by atoms with van der Waals surface area (Å²) in [5.41, 5.74) is -0.0546. The van der Waals surface area contributed by atoms with Gasteiger partial charge in [-0.15, -0.1) is 0 Å². The zero-order valence-corrected chi connectivity index (χ0v) is 10.5. The second-order valence-corrected chi connectivity index (χ2v) is 5.23. The number of aliphatic hydroxyl groups excluding tert-OH is 3. The number of hydrogen-bond donors (Lipinski definition) is 3. The fourth-order valence-electron chi connectivity index (χ4n) is 1.86. The van der Waals surface area contributed by atoms with E-state index in [0.29, 0.717) is 11.5 Å². The Bertz CT molecular complexity index is 538. The lowest BCUT2D eigenvalue weighted by Crippen LogP contribution is -2.33. The Kier molecular flexibility index (Phi) is 3.37. The number of ether oxygens (including phenoxy) is 1. The third kappa shape index (κ3) is 2.30. The molecule has 0 saturated carbocycles. The molecule has 0 aliphatic carbocycles. The monoisotopic (exact) mass is 284 g/mol. The van der Waals surface area contributed by atoms with Crippen LogP contribution in [0.1, 0.15) is 0 Å². The van der Waals surface area contributed by atoms with Crippen LogP contribution in [-0.4, -0.2) is 64.6 Å². The highest BCUT2D eigenvalue weighted by Crippen LogP contribution is 2.30. The predicted octanol–water partition coefficient (Wildman–Crippen LogP) is -1.29. The van der Waals surface area contributed by atoms with Gasteiger partial charge in [0.25, 0.3) is 0 Å². The molecule has 0 bridgehead atoms. The summed E-state index contributed by atoms with van der Waals surface area (Å²) in [6.45, 7) is -0.342. The Morgan fingerprint density at radius 2 is 2.11 bits per heavy atom. The van der Waals surface area contributed by atoms with Crippen molar-refractivity contribution in [2.75, 3.05) is 6.61 Å². The van der Waals surface area contributed by atoms with Crippen molar-refractivity contribution in [2.45, 2.75) is 23.7 Å². The molecule has 3 rings (SSSR count). The van der Waals surface area contributed by atoms with Crippen LogP contribution in [0.2, 0.25) is 0 Å². The first-order valence-electron chi connectivity index (χ1n) is 5.63. The summed E-state index contributed by atoms with van der Waals surface area (Å²) in [6, 6.07) is 0. The highest BCUT2D eigenvalue weighted by molar-refractivity contribution is 7.98. The van der Waals surface area contributed by atoms with E-state index >= 15 is 0 Å². The molecule has 8 nitrogen and oxygen atoms in total. The second kappa shape index (κ2) is 5.02. The van der Waals surface area contributed by atoms with E-state index in [1.807, 2.05) is 0 Å². The molecule has 102 valence electrons. The van der Waals surface area contributed by atoms with Crippen molar-refractivity contribution in [2.24, 2.45) is 0 Å². The molecule has 0 amide bonds. The number of hydrogen-bond acceptors (Lipinski definition) is 8. The average Bonchev–Trinajstić information content (AvgIpc) is 2.98. The number of aliphatic hydroxyl groups is 3. The van der Waals surface area contributed by atoms with E-state index in [9.17, 15) is 10.2 Å². The van der Waals surface area contributed by atoms with Crippen molar-refractivity contribution in [3.05, 3.63) is 18.9 Å². The molecule has 0 radical (unpaired) electrons. The van der Waals surface area contributed by atoms with Crippen LogP contribution in [0.15, 0.2) is 18.9 Å². The van der Waals surface area contributed by atoms with E-state index in [1.165, 1.54) is 12.7 Å². The van der Waals surface area contributed by atoms with Crippen LogP contribution in [0.3, 0.4) is 0 Å². The van der Waals surface area contributed by atoms with Gasteiger partial charge in [-0.3, -0.25) is 3.97 Å². The molecule has 1 fully saturated rings. The molecule has 0 aromatic heterocycles. The molecule has 3 aliphatic rings. The van der Waals surface area contributed by atoms with Gasteiger partial charge in [-0.05, 0) is 11.9 Å². The SMILES string of the molecule is OC[C@H]1O[C@@H](Sn2cnc3ncnc-3c2)[C@@H](O)[C@@H]1O. The smallest absolute Gasteiger partial charge is 0.182 e. The quantitative estimate of drug-likeness (QED) is 0.638. The molecule has 0 spiro atoms. The summed E-state index contributed by atoms with van der Waals surface area (Å²) in [4.78, 5) is 12.0. The molecule has 1 saturated heterocycles. The molecule has 19 heavy (non-hydrogen) atoms. The van der Waals surface area contributed by atoms with Crippen LogP contribution < -0.4 is 0 Å². The molecule has 9 heteroatoms. The summed E-state index contributed by atoms with van der Waals surface area (Å²) in [7, 11) is 0. The van der Waals surface area contributed by atoms with Crippen LogP contribution >= 0.6 is 11.9 Å². The van der Waals surface area contributed by atoms with E-state index in [1.54, 1.807) is 10.2 Å². The summed E-state index contributed by atoms with van der Waals surface area (Å²) < 4.78 is 6.98. The van der Waals surface area contributed by atoms with Crippen molar-refractivity contribution in [1.29, 1.82) is 0 Å². The van der Waals surface area contributed by atoms with E-state index in [2.05, 4.69) is 15.0 Å². The molecule has 4 atom stereocenters. The normalized spacial score (nSPS) is 31.1. The van der Waals surface area contributed by atoms with Gasteiger partial charge >= 0.3 is 0 Å². The number of nitrogens with zero attached hydrogens (tertiary/aromatic N) is 4. The van der Waals surface area contributed by atoms with Crippen LogP contribution in [0.4, 0.5) is 0 Å². The molecule has 0 unspecified atom stereocenters. The summed E-state index contributed by atoms with van der Waals surface area (Å²) >= 11 is 1.14. The Balaban J connectivity index is 1.76. The number of aromatic nitrogens is 4. The first kappa shape index (κ1) is 12.8. The Morgan fingerprint density at radius 3 is 2.84 bits per heavy atom. The Morgan fingerprint density at radius 1 is 1.26 bits per heavy atom. The third-order valence-electron chi connectivity index (χ3n) is 2.87. The van der Waals surface area contributed by atoms with Crippen molar-refractivity contribution in [3.63, 3.8) is 0 Å². The number of fused-ring (bicyclic) bond motifs is 1. The third-order valence-corrected chi connectivity index (χ3v) is 3.91. The molecular weight excluding hydrogens is 272 g/mol. The fraction of sp³-hybridized carbons (Fsp3) is 0.500. The summed E-state index contributed by atoms with van der Waals surface area (Å²) in [6.07, 6.45) is 1.70. The molecular formula is C10H12N4O4S. The highest BCUT2D eigenvalue weighted by atomic mass is 32.2. The van der Waals surface area contributed by atoms with Crippen LogP contribution in [0, 0.1) is 0 Å². The summed E-state index contributed by atoms with van der Waals surface area (Å²) in [5, 5.41) is 28.5. The van der Waals surface area contributed by atoms with E-state index in [4.69, 9.17) is 9.84 Å². The van der Waals surface area contributed by atoms with Crippen LogP contribution in [-0.2, 0) is 4.74 Å². The fourth-order valence-corrected chi connectivity index (χ4v) is 2.84. The highest BCUT2D eigenvalue weighted by Gasteiger charge is 2.43. The lowest BCUT2D eigenvalue weighted by molar-refractivity contribution is -0.00812. The van der Waals surface area contributed by atoms with Gasteiger partial charge in [-0.1, -0.05) is 0 Å². The van der Waals surface area contributed by atoms with E-state index in [0.717, 1.165) is 11.9 Å². The van der Waals surface area contributed by atoms with Crippen molar-refractivity contribution >= 4 is 11.9 Å². The van der Waals surface area contributed by atoms with Crippen molar-refractivity contribution < 1.29 is 20.1 Å². The van der Waals surface area contributed by atoms with Crippen LogP contribution in [0.25, 0.3) is 11.5 Å². The molecule has 3 N–H and O–H groups in total. The lowest BCUT2D eigenvalue weighted by atomic mass is 10.2. The number of imidazole rings is 1. The van der Waals surface area contributed by atoms with Gasteiger partial charge in [0.1, 0.15) is 36.7 Å². The molecule has 0 aromatic rings. The predicted molar refractivity (Wildman–Crippen MR) is 65.2 cm³/mol. The van der Waals surface area contributed by atoms with Gasteiger partial charge in [-0.25, -0.2) is 15.0 Å². The van der Waals surface area contributed by atoms with E-state index < -0.39 is 23.7 Å². The second-order valence-electron chi connectivity index (χ2n) is 4.13. The minimum Gasteiger partial charge on any atom is -0.394 e. The largest absolute Gasteiger partial charge is 0.394 e. The minimum atomic E-state index is -1.10. The van der Waals surface area contributed by atoms with Gasteiger partial charge in [0, 0.05) is 6.20 Å². The van der Waals surface area contributed by atoms with Gasteiger partial charge in [0.05, 0.1) is 6.61 Å². The minimum absolute atomic E-state index is 0.342. The molecule has 3 aliphatic heterocycles. The first-order chi connectivity index (χ1) is 9.19. The first-order valence-corrected chi connectivity index (χ1v) is 6.47. The maximum absolute atomic E-state index is 9.82. The average molecular weight is 284 g/mol. The van der Waals surface area contributed by atoms with Crippen LogP contribution in [0.5, 0.6) is 0 Å². The number of rotatable bonds is 3. The summed E-state index contributed by atoms with van der Waals surface area (Å²) in [5.74, 6) is 0.540. The van der Waals surface area contributed by atoms with Gasteiger partial charge < -0.3 is 20.1 Å².